The largest absolute Gasteiger partial charge is 0.503 e. The quantitative estimate of drug-likeness (QED) is 0.601. The lowest BCUT2D eigenvalue weighted by molar-refractivity contribution is -0.908. The summed E-state index contributed by atoms with van der Waals surface area (Å²) < 4.78 is 5.43. The molecular formula is C25H31N2O4S+. The van der Waals surface area contributed by atoms with Gasteiger partial charge in [-0.3, -0.25) is 9.59 Å². The molecule has 2 aliphatic heterocycles. The summed E-state index contributed by atoms with van der Waals surface area (Å²) in [5, 5.41) is 12.6. The highest BCUT2D eigenvalue weighted by Gasteiger charge is 2.43. The Morgan fingerprint density at radius 3 is 2.56 bits per heavy atom. The number of amides is 1. The first-order chi connectivity index (χ1) is 15.5. The maximum absolute atomic E-state index is 13.3. The number of hydrogen-bond acceptors (Lipinski definition) is 5. The first kappa shape index (κ1) is 22.7. The number of aliphatic hydroxyl groups is 1. The first-order valence-electron chi connectivity index (χ1n) is 11.3. The van der Waals surface area contributed by atoms with Crippen LogP contribution < -0.4 is 4.90 Å². The number of thiophene rings is 1. The van der Waals surface area contributed by atoms with Gasteiger partial charge in [-0.15, -0.1) is 11.3 Å². The predicted molar refractivity (Wildman–Crippen MR) is 124 cm³/mol. The number of Topliss-reactive ketones (excluding diaryl/α,β-unsaturated/α-hetero) is 1. The van der Waals surface area contributed by atoms with Gasteiger partial charge in [-0.25, -0.2) is 0 Å². The highest BCUT2D eigenvalue weighted by atomic mass is 32.1. The van der Waals surface area contributed by atoms with Crippen LogP contribution in [-0.2, 0) is 9.53 Å². The van der Waals surface area contributed by atoms with Crippen LogP contribution in [0.25, 0.3) is 0 Å². The minimum Gasteiger partial charge on any atom is -0.503 e. The second-order valence-electron chi connectivity index (χ2n) is 8.76. The van der Waals surface area contributed by atoms with Crippen molar-refractivity contribution in [3.8, 4) is 0 Å². The van der Waals surface area contributed by atoms with Gasteiger partial charge in [0.05, 0.1) is 36.3 Å². The van der Waals surface area contributed by atoms with Crippen LogP contribution in [0, 0.1) is 0 Å². The zero-order chi connectivity index (χ0) is 22.7. The number of hydrogen-bond donors (Lipinski definition) is 2. The number of aliphatic hydroxyl groups excluding tert-OH is 1. The van der Waals surface area contributed by atoms with Gasteiger partial charge in [0.2, 0.25) is 5.78 Å². The molecule has 6 nitrogen and oxygen atoms in total. The zero-order valence-electron chi connectivity index (χ0n) is 18.7. The molecule has 1 aromatic carbocycles. The Morgan fingerprint density at radius 1 is 1.22 bits per heavy atom. The summed E-state index contributed by atoms with van der Waals surface area (Å²) in [4.78, 5) is 30.0. The van der Waals surface area contributed by atoms with Crippen molar-refractivity contribution >= 4 is 23.0 Å². The molecule has 1 aromatic heterocycles. The Labute approximate surface area is 193 Å². The second-order valence-corrected chi connectivity index (χ2v) is 9.70. The normalized spacial score (nSPS) is 19.9. The van der Waals surface area contributed by atoms with E-state index in [1.54, 1.807) is 11.0 Å². The van der Waals surface area contributed by atoms with Crippen LogP contribution in [0.15, 0.2) is 53.1 Å². The number of rotatable bonds is 8. The van der Waals surface area contributed by atoms with Crippen LogP contribution in [-0.4, -0.2) is 61.1 Å². The summed E-state index contributed by atoms with van der Waals surface area (Å²) in [5.74, 6) is -0.761. The lowest BCUT2D eigenvalue weighted by atomic mass is 9.93. The zero-order valence-corrected chi connectivity index (χ0v) is 19.5. The molecule has 0 bridgehead atoms. The molecule has 7 heteroatoms. The molecule has 170 valence electrons. The van der Waals surface area contributed by atoms with Crippen molar-refractivity contribution in [3.05, 3.63) is 69.1 Å². The molecular weight excluding hydrogens is 424 g/mol. The number of ketones is 1. The number of nitrogens with zero attached hydrogens (tertiary/aromatic N) is 1. The van der Waals surface area contributed by atoms with Crippen LogP contribution >= 0.6 is 11.3 Å². The molecule has 3 heterocycles. The molecule has 32 heavy (non-hydrogen) atoms. The molecule has 1 fully saturated rings. The Bertz CT molecular complexity index is 976. The molecule has 0 unspecified atom stereocenters. The van der Waals surface area contributed by atoms with E-state index in [2.05, 4.69) is 13.8 Å². The monoisotopic (exact) mass is 455 g/mol. The summed E-state index contributed by atoms with van der Waals surface area (Å²) in [6, 6.07) is 11.0. The first-order valence-corrected chi connectivity index (χ1v) is 12.2. The van der Waals surface area contributed by atoms with E-state index in [0.717, 1.165) is 44.8 Å². The minimum absolute atomic E-state index is 0.188. The summed E-state index contributed by atoms with van der Waals surface area (Å²) in [6.45, 7) is 9.17. The number of benzene rings is 1. The fourth-order valence-corrected chi connectivity index (χ4v) is 5.15. The predicted octanol–water partition coefficient (Wildman–Crippen LogP) is 2.76. The van der Waals surface area contributed by atoms with E-state index in [-0.39, 0.29) is 11.4 Å². The Balaban J connectivity index is 1.60. The highest BCUT2D eigenvalue weighted by Crippen LogP contribution is 2.39. The lowest BCUT2D eigenvalue weighted by Gasteiger charge is -2.28. The molecule has 2 N–H and O–H groups in total. The van der Waals surface area contributed by atoms with Crippen LogP contribution in [0.2, 0.25) is 0 Å². The molecule has 0 spiro atoms. The molecule has 4 rings (SSSR count). The fourth-order valence-electron chi connectivity index (χ4n) is 4.48. The Morgan fingerprint density at radius 2 is 1.94 bits per heavy atom. The van der Waals surface area contributed by atoms with E-state index < -0.39 is 17.7 Å². The third-order valence-corrected chi connectivity index (χ3v) is 7.21. The summed E-state index contributed by atoms with van der Waals surface area (Å²) >= 11 is 1.32. The minimum atomic E-state index is -0.571. The van der Waals surface area contributed by atoms with Gasteiger partial charge in [0.15, 0.2) is 5.76 Å². The molecule has 1 amide bonds. The summed E-state index contributed by atoms with van der Waals surface area (Å²) in [5.41, 5.74) is 2.23. The SMILES string of the molecule is CC(C)c1ccc([C@H]2C(C(=O)c3cccs3)=C(O)C(=O)N2CCC[NH+]2CCOCC2)cc1. The van der Waals surface area contributed by atoms with E-state index in [0.29, 0.717) is 17.3 Å². The van der Waals surface area contributed by atoms with Gasteiger partial charge < -0.3 is 19.6 Å². The maximum atomic E-state index is 13.3. The number of carbonyl (C=O) groups is 2. The second kappa shape index (κ2) is 9.98. The van der Waals surface area contributed by atoms with Gasteiger partial charge in [0, 0.05) is 13.0 Å². The van der Waals surface area contributed by atoms with Gasteiger partial charge in [-0.2, -0.15) is 0 Å². The van der Waals surface area contributed by atoms with Gasteiger partial charge in [-0.1, -0.05) is 44.2 Å². The van der Waals surface area contributed by atoms with Crippen LogP contribution in [0.1, 0.15) is 53.0 Å². The maximum Gasteiger partial charge on any atom is 0.290 e. The number of quaternary nitrogens is 1. The topological polar surface area (TPSA) is 71.3 Å². The van der Waals surface area contributed by atoms with Gasteiger partial charge >= 0.3 is 0 Å². The van der Waals surface area contributed by atoms with Crippen molar-refractivity contribution < 1.29 is 24.3 Å². The van der Waals surface area contributed by atoms with Gasteiger partial charge in [0.25, 0.3) is 5.91 Å². The van der Waals surface area contributed by atoms with Crippen molar-refractivity contribution in [2.75, 3.05) is 39.4 Å². The smallest absolute Gasteiger partial charge is 0.290 e. The number of nitrogens with one attached hydrogen (secondary N) is 1. The van der Waals surface area contributed by atoms with Crippen LogP contribution in [0.4, 0.5) is 0 Å². The van der Waals surface area contributed by atoms with Crippen molar-refractivity contribution in [1.29, 1.82) is 0 Å². The van der Waals surface area contributed by atoms with E-state index >= 15 is 0 Å². The Kier molecular flexibility index (Phi) is 7.08. The third-order valence-electron chi connectivity index (χ3n) is 6.34. The van der Waals surface area contributed by atoms with E-state index in [4.69, 9.17) is 4.74 Å². The van der Waals surface area contributed by atoms with Gasteiger partial charge in [-0.05, 0) is 28.5 Å². The standard InChI is InChI=1S/C25H30N2O4S/c1-17(2)18-6-8-19(9-7-18)22-21(23(28)20-5-3-16-32-20)24(29)25(30)27(22)11-4-10-26-12-14-31-15-13-26/h3,5-9,16-17,22,29H,4,10-15H2,1-2H3/p+1/t22-/m0/s1. The number of morpholine rings is 1. The molecule has 0 aliphatic carbocycles. The molecule has 0 radical (unpaired) electrons. The van der Waals surface area contributed by atoms with E-state index in [1.165, 1.54) is 21.8 Å². The van der Waals surface area contributed by atoms with Gasteiger partial charge in [0.1, 0.15) is 13.1 Å². The number of ether oxygens (including phenoxy) is 1. The molecule has 2 aromatic rings. The average molecular weight is 456 g/mol. The van der Waals surface area contributed by atoms with Crippen LogP contribution in [0.3, 0.4) is 0 Å². The fraction of sp³-hybridized carbons (Fsp3) is 0.440. The van der Waals surface area contributed by atoms with Crippen molar-refractivity contribution in [3.63, 3.8) is 0 Å². The van der Waals surface area contributed by atoms with E-state index in [9.17, 15) is 14.7 Å². The third kappa shape index (κ3) is 4.65. The summed E-state index contributed by atoms with van der Waals surface area (Å²) in [7, 11) is 0. The van der Waals surface area contributed by atoms with E-state index in [1.807, 2.05) is 35.7 Å². The Hall–Kier alpha value is -2.48. The lowest BCUT2D eigenvalue weighted by Crippen LogP contribution is -3.14. The molecule has 1 atom stereocenters. The van der Waals surface area contributed by atoms with Crippen LogP contribution in [0.5, 0.6) is 0 Å². The number of carbonyl (C=O) groups excluding carboxylic acids is 2. The molecule has 0 saturated carbocycles. The van der Waals surface area contributed by atoms with Crippen molar-refractivity contribution in [2.24, 2.45) is 0 Å². The average Bonchev–Trinajstić information content (AvgIpc) is 3.43. The van der Waals surface area contributed by atoms with Crippen molar-refractivity contribution in [1.82, 2.24) is 4.90 Å². The summed E-state index contributed by atoms with van der Waals surface area (Å²) in [6.07, 6.45) is 0.801. The van der Waals surface area contributed by atoms with Crippen molar-refractivity contribution in [2.45, 2.75) is 32.2 Å². The molecule has 1 saturated heterocycles. The highest BCUT2D eigenvalue weighted by molar-refractivity contribution is 7.12. The molecule has 2 aliphatic rings.